The molecule has 0 radical (unpaired) electrons. The second-order valence-electron chi connectivity index (χ2n) is 3.79. The molecule has 5 heteroatoms. The molecule has 0 aliphatic heterocycles. The van der Waals surface area contributed by atoms with Gasteiger partial charge in [0.05, 0.1) is 11.4 Å². The Kier molecular flexibility index (Phi) is 6.56. The number of carbonyl (C=O) groups is 2. The van der Waals surface area contributed by atoms with Crippen molar-refractivity contribution in [2.75, 3.05) is 20.1 Å². The van der Waals surface area contributed by atoms with Gasteiger partial charge >= 0.3 is 0 Å². The molecule has 1 atom stereocenters. The molecular weight excluding hydrogens is 260 g/mol. The predicted molar refractivity (Wildman–Crippen MR) is 63.9 cm³/mol. The van der Waals surface area contributed by atoms with E-state index in [0.717, 1.165) is 0 Å². The first-order valence-electron chi connectivity index (χ1n) is 5.05. The van der Waals surface area contributed by atoms with Gasteiger partial charge in [0, 0.05) is 13.6 Å². The highest BCUT2D eigenvalue weighted by atomic mass is 79.9. The van der Waals surface area contributed by atoms with E-state index in [4.69, 9.17) is 0 Å². The van der Waals surface area contributed by atoms with Crippen molar-refractivity contribution < 1.29 is 9.59 Å². The van der Waals surface area contributed by atoms with E-state index in [1.54, 1.807) is 7.05 Å². The average molecular weight is 279 g/mol. The third kappa shape index (κ3) is 5.16. The zero-order chi connectivity index (χ0) is 12.0. The number of likely N-dealkylation sites (N-methyl/N-ethyl adjacent to an activating group) is 2. The Morgan fingerprint density at radius 3 is 2.33 bits per heavy atom. The first-order chi connectivity index (χ1) is 6.90. The summed E-state index contributed by atoms with van der Waals surface area (Å²) >= 11 is 3.31. The minimum Gasteiger partial charge on any atom is -0.355 e. The summed E-state index contributed by atoms with van der Waals surface area (Å²) < 4.78 is 0. The third-order valence-corrected chi connectivity index (χ3v) is 3.40. The Balaban J connectivity index is 4.15. The first-order valence-corrected chi connectivity index (χ1v) is 5.97. The third-order valence-electron chi connectivity index (χ3n) is 1.95. The van der Waals surface area contributed by atoms with E-state index in [1.165, 1.54) is 4.90 Å². The summed E-state index contributed by atoms with van der Waals surface area (Å²) in [6.45, 7) is 6.46. The number of halogens is 1. The summed E-state index contributed by atoms with van der Waals surface area (Å²) in [5, 5.41) is 2.65. The normalized spacial score (nSPS) is 12.4. The Morgan fingerprint density at radius 2 is 1.93 bits per heavy atom. The van der Waals surface area contributed by atoms with Crippen LogP contribution in [0.15, 0.2) is 0 Å². The summed E-state index contributed by atoms with van der Waals surface area (Å²) in [6, 6.07) is 0. The number of amides is 2. The van der Waals surface area contributed by atoms with Gasteiger partial charge in [-0.2, -0.15) is 0 Å². The number of hydrogen-bond donors (Lipinski definition) is 1. The fourth-order valence-corrected chi connectivity index (χ4v) is 1.39. The van der Waals surface area contributed by atoms with Gasteiger partial charge in [-0.25, -0.2) is 0 Å². The summed E-state index contributed by atoms with van der Waals surface area (Å²) in [7, 11) is 1.63. The Bertz CT molecular complexity index is 231. The number of nitrogens with one attached hydrogen (secondary N) is 1. The smallest absolute Gasteiger partial charge is 0.239 e. The molecule has 0 aliphatic rings. The minimum atomic E-state index is -0.225. The molecule has 15 heavy (non-hydrogen) atoms. The van der Waals surface area contributed by atoms with Crippen molar-refractivity contribution in [3.8, 4) is 0 Å². The van der Waals surface area contributed by atoms with Crippen molar-refractivity contribution in [1.29, 1.82) is 0 Å². The standard InChI is InChI=1S/C10H19BrN2O2/c1-5-12-8(14)6-13(4)10(15)9(11)7(2)3/h7,9H,5-6H2,1-4H3,(H,12,14). The van der Waals surface area contributed by atoms with Crippen LogP contribution >= 0.6 is 15.9 Å². The maximum atomic E-state index is 11.7. The van der Waals surface area contributed by atoms with Gasteiger partial charge in [-0.05, 0) is 12.8 Å². The van der Waals surface area contributed by atoms with Crippen molar-refractivity contribution in [2.24, 2.45) is 5.92 Å². The van der Waals surface area contributed by atoms with E-state index < -0.39 is 0 Å². The molecule has 0 rings (SSSR count). The number of hydrogen-bond acceptors (Lipinski definition) is 2. The largest absolute Gasteiger partial charge is 0.355 e. The molecule has 0 aromatic rings. The monoisotopic (exact) mass is 278 g/mol. The molecule has 1 unspecified atom stereocenters. The fourth-order valence-electron chi connectivity index (χ4n) is 1.04. The number of rotatable bonds is 5. The van der Waals surface area contributed by atoms with Gasteiger partial charge in [0.1, 0.15) is 0 Å². The predicted octanol–water partition coefficient (Wildman–Crippen LogP) is 1.00. The number of nitrogens with zero attached hydrogens (tertiary/aromatic N) is 1. The lowest BCUT2D eigenvalue weighted by Gasteiger charge is -2.21. The van der Waals surface area contributed by atoms with Gasteiger partial charge in [0.25, 0.3) is 0 Å². The van der Waals surface area contributed by atoms with Crippen molar-refractivity contribution in [1.82, 2.24) is 10.2 Å². The van der Waals surface area contributed by atoms with Crippen molar-refractivity contribution in [3.63, 3.8) is 0 Å². The molecule has 2 amide bonds. The maximum Gasteiger partial charge on any atom is 0.239 e. The lowest BCUT2D eigenvalue weighted by molar-refractivity contribution is -0.134. The molecule has 1 N–H and O–H groups in total. The van der Waals surface area contributed by atoms with E-state index in [0.29, 0.717) is 6.54 Å². The highest BCUT2D eigenvalue weighted by molar-refractivity contribution is 9.10. The van der Waals surface area contributed by atoms with E-state index in [9.17, 15) is 9.59 Å². The molecular formula is C10H19BrN2O2. The van der Waals surface area contributed by atoms with Crippen LogP contribution in [0.5, 0.6) is 0 Å². The summed E-state index contributed by atoms with van der Waals surface area (Å²) in [6.07, 6.45) is 0. The quantitative estimate of drug-likeness (QED) is 0.763. The van der Waals surface area contributed by atoms with E-state index >= 15 is 0 Å². The average Bonchev–Trinajstić information content (AvgIpc) is 2.15. The second-order valence-corrected chi connectivity index (χ2v) is 4.78. The van der Waals surface area contributed by atoms with Crippen LogP contribution in [0.2, 0.25) is 0 Å². The summed E-state index contributed by atoms with van der Waals surface area (Å²) in [4.78, 5) is 24.2. The molecule has 0 fully saturated rings. The van der Waals surface area contributed by atoms with Crippen molar-refractivity contribution in [3.05, 3.63) is 0 Å². The molecule has 88 valence electrons. The summed E-state index contributed by atoms with van der Waals surface area (Å²) in [5.74, 6) is 0.0299. The van der Waals surface area contributed by atoms with Crippen LogP contribution in [0.4, 0.5) is 0 Å². The minimum absolute atomic E-state index is 0.0590. The Labute approximate surface area is 99.5 Å². The SMILES string of the molecule is CCNC(=O)CN(C)C(=O)C(Br)C(C)C. The first kappa shape index (κ1) is 14.4. The zero-order valence-electron chi connectivity index (χ0n) is 9.71. The van der Waals surface area contributed by atoms with Crippen LogP contribution in [-0.2, 0) is 9.59 Å². The molecule has 0 heterocycles. The van der Waals surface area contributed by atoms with Crippen LogP contribution in [0.3, 0.4) is 0 Å². The van der Waals surface area contributed by atoms with Crippen LogP contribution in [-0.4, -0.2) is 41.7 Å². The highest BCUT2D eigenvalue weighted by Crippen LogP contribution is 2.14. The van der Waals surface area contributed by atoms with E-state index in [2.05, 4.69) is 21.2 Å². The highest BCUT2D eigenvalue weighted by Gasteiger charge is 2.23. The molecule has 0 saturated carbocycles. The fraction of sp³-hybridized carbons (Fsp3) is 0.800. The van der Waals surface area contributed by atoms with Crippen LogP contribution < -0.4 is 5.32 Å². The van der Waals surface area contributed by atoms with Crippen molar-refractivity contribution >= 4 is 27.7 Å². The summed E-state index contributed by atoms with van der Waals surface area (Å²) in [5.41, 5.74) is 0. The zero-order valence-corrected chi connectivity index (χ0v) is 11.3. The maximum absolute atomic E-state index is 11.7. The topological polar surface area (TPSA) is 49.4 Å². The molecule has 0 saturated heterocycles. The van der Waals surface area contributed by atoms with Crippen LogP contribution in [0, 0.1) is 5.92 Å². The van der Waals surface area contributed by atoms with Crippen LogP contribution in [0.25, 0.3) is 0 Å². The molecule has 4 nitrogen and oxygen atoms in total. The molecule has 0 aromatic carbocycles. The van der Waals surface area contributed by atoms with Gasteiger partial charge in [0.2, 0.25) is 11.8 Å². The number of carbonyl (C=O) groups excluding carboxylic acids is 2. The lowest BCUT2D eigenvalue weighted by atomic mass is 10.1. The molecule has 0 spiro atoms. The van der Waals surface area contributed by atoms with E-state index in [-0.39, 0.29) is 29.1 Å². The Hall–Kier alpha value is -0.580. The second kappa shape index (κ2) is 6.82. The lowest BCUT2D eigenvalue weighted by Crippen LogP contribution is -2.42. The molecule has 0 aliphatic carbocycles. The molecule has 0 aromatic heterocycles. The van der Waals surface area contributed by atoms with Gasteiger partial charge in [-0.3, -0.25) is 9.59 Å². The molecule has 0 bridgehead atoms. The number of alkyl halides is 1. The van der Waals surface area contributed by atoms with Gasteiger partial charge in [-0.1, -0.05) is 29.8 Å². The van der Waals surface area contributed by atoms with Crippen LogP contribution in [0.1, 0.15) is 20.8 Å². The van der Waals surface area contributed by atoms with Gasteiger partial charge in [-0.15, -0.1) is 0 Å². The van der Waals surface area contributed by atoms with E-state index in [1.807, 2.05) is 20.8 Å². The van der Waals surface area contributed by atoms with Gasteiger partial charge < -0.3 is 10.2 Å². The Morgan fingerprint density at radius 1 is 1.40 bits per heavy atom. The van der Waals surface area contributed by atoms with Crippen molar-refractivity contribution in [2.45, 2.75) is 25.6 Å². The van der Waals surface area contributed by atoms with Gasteiger partial charge in [0.15, 0.2) is 0 Å².